The number of aryl methyl sites for hydroxylation is 2. The third-order valence-electron chi connectivity index (χ3n) is 5.25. The summed E-state index contributed by atoms with van der Waals surface area (Å²) in [6.07, 6.45) is 5.91. The monoisotopic (exact) mass is 330 g/mol. The van der Waals surface area contributed by atoms with E-state index in [1.165, 1.54) is 44.8 Å². The summed E-state index contributed by atoms with van der Waals surface area (Å²) >= 11 is 0. The fraction of sp³-hybridized carbons (Fsp3) is 0.304. The predicted octanol–water partition coefficient (Wildman–Crippen LogP) is 5.06. The summed E-state index contributed by atoms with van der Waals surface area (Å²) in [6, 6.07) is 9.36. The van der Waals surface area contributed by atoms with Crippen LogP contribution in [0.4, 0.5) is 11.4 Å². The minimum atomic E-state index is 0.933. The van der Waals surface area contributed by atoms with Crippen molar-refractivity contribution in [2.75, 3.05) is 16.5 Å². The maximum atomic E-state index is 3.96. The molecule has 0 N–H and O–H groups in total. The Morgan fingerprint density at radius 2 is 1.24 bits per heavy atom. The summed E-state index contributed by atoms with van der Waals surface area (Å²) in [4.78, 5) is 5.08. The molecule has 0 radical (unpaired) electrons. The lowest BCUT2D eigenvalue weighted by molar-refractivity contribution is 0.644. The van der Waals surface area contributed by atoms with Crippen LogP contribution in [0.15, 0.2) is 49.6 Å². The second-order valence-electron chi connectivity index (χ2n) is 7.39. The molecule has 2 bridgehead atoms. The first-order valence-corrected chi connectivity index (χ1v) is 9.07. The summed E-state index contributed by atoms with van der Waals surface area (Å²) in [5.41, 5.74) is 11.2. The number of hydrogen-bond donors (Lipinski definition) is 0. The Morgan fingerprint density at radius 1 is 0.800 bits per heavy atom. The van der Waals surface area contributed by atoms with Gasteiger partial charge >= 0.3 is 0 Å². The Bertz CT molecular complexity index is 791. The van der Waals surface area contributed by atoms with E-state index in [-0.39, 0.29) is 0 Å². The van der Waals surface area contributed by atoms with E-state index < -0.39 is 0 Å². The van der Waals surface area contributed by atoms with Gasteiger partial charge in [0.2, 0.25) is 0 Å². The van der Waals surface area contributed by atoms with Gasteiger partial charge in [-0.25, -0.2) is 0 Å². The van der Waals surface area contributed by atoms with Gasteiger partial charge in [-0.15, -0.1) is 13.2 Å². The molecule has 0 spiro atoms. The van der Waals surface area contributed by atoms with Crippen LogP contribution in [0, 0.1) is 13.8 Å². The van der Waals surface area contributed by atoms with Crippen molar-refractivity contribution >= 4 is 11.4 Å². The van der Waals surface area contributed by atoms with Gasteiger partial charge in [0.1, 0.15) is 0 Å². The molecule has 128 valence electrons. The molecule has 2 nitrogen and oxygen atoms in total. The van der Waals surface area contributed by atoms with E-state index in [1.54, 1.807) is 0 Å². The molecule has 0 atom stereocenters. The quantitative estimate of drug-likeness (QED) is 0.723. The zero-order valence-electron chi connectivity index (χ0n) is 15.3. The van der Waals surface area contributed by atoms with Crippen LogP contribution in [0.1, 0.15) is 33.4 Å². The number of allylic oxidation sites excluding steroid dienone is 2. The van der Waals surface area contributed by atoms with Crippen molar-refractivity contribution < 1.29 is 0 Å². The summed E-state index contributed by atoms with van der Waals surface area (Å²) < 4.78 is 0. The van der Waals surface area contributed by atoms with E-state index in [0.717, 1.165) is 32.6 Å². The van der Waals surface area contributed by atoms with Crippen molar-refractivity contribution in [2.24, 2.45) is 0 Å². The second kappa shape index (κ2) is 6.11. The minimum absolute atomic E-state index is 0.933. The molecule has 2 aliphatic rings. The predicted molar refractivity (Wildman–Crippen MR) is 107 cm³/mol. The molecule has 0 aliphatic carbocycles. The Hall–Kier alpha value is -2.48. The van der Waals surface area contributed by atoms with E-state index >= 15 is 0 Å². The molecule has 2 aromatic carbocycles. The highest BCUT2D eigenvalue weighted by atomic mass is 15.4. The maximum Gasteiger partial charge on any atom is 0.0910 e. The summed E-state index contributed by atoms with van der Waals surface area (Å²) in [5, 5.41) is 0. The van der Waals surface area contributed by atoms with E-state index in [4.69, 9.17) is 0 Å². The molecule has 0 fully saturated rings. The van der Waals surface area contributed by atoms with Crippen LogP contribution in [0.2, 0.25) is 0 Å². The molecule has 2 aromatic rings. The van der Waals surface area contributed by atoms with Gasteiger partial charge in [-0.2, -0.15) is 0 Å². The van der Waals surface area contributed by atoms with Gasteiger partial charge in [0.15, 0.2) is 0 Å². The molecular formula is C23H26N2. The molecule has 0 aromatic heterocycles. The zero-order valence-corrected chi connectivity index (χ0v) is 15.3. The normalized spacial score (nSPS) is 14.8. The van der Waals surface area contributed by atoms with Crippen LogP contribution in [0.25, 0.3) is 0 Å². The number of nitrogens with zero attached hydrogens (tertiary/aromatic N) is 2. The van der Waals surface area contributed by atoms with Crippen LogP contribution in [0.3, 0.4) is 0 Å². The SMILES string of the molecule is C=CCc1cc(C)cc2c1N1Cc3cc(C)cc(CC=C)c3N(C2)C1. The van der Waals surface area contributed by atoms with Crippen molar-refractivity contribution in [2.45, 2.75) is 39.8 Å². The van der Waals surface area contributed by atoms with E-state index in [1.807, 2.05) is 12.2 Å². The van der Waals surface area contributed by atoms with Crippen LogP contribution in [-0.4, -0.2) is 6.67 Å². The van der Waals surface area contributed by atoms with E-state index in [0.29, 0.717) is 0 Å². The molecule has 2 aliphatic heterocycles. The van der Waals surface area contributed by atoms with Crippen LogP contribution >= 0.6 is 0 Å². The highest BCUT2D eigenvalue weighted by Gasteiger charge is 2.32. The van der Waals surface area contributed by atoms with Gasteiger partial charge in [0.05, 0.1) is 6.67 Å². The summed E-state index contributed by atoms with van der Waals surface area (Å²) in [5.74, 6) is 0. The van der Waals surface area contributed by atoms with E-state index in [9.17, 15) is 0 Å². The largest absolute Gasteiger partial charge is 0.349 e. The molecule has 2 heteroatoms. The first-order valence-electron chi connectivity index (χ1n) is 9.07. The van der Waals surface area contributed by atoms with Crippen LogP contribution in [0.5, 0.6) is 0 Å². The van der Waals surface area contributed by atoms with Gasteiger partial charge in [-0.1, -0.05) is 47.5 Å². The van der Waals surface area contributed by atoms with Crippen molar-refractivity contribution in [1.82, 2.24) is 0 Å². The second-order valence-corrected chi connectivity index (χ2v) is 7.39. The molecule has 4 rings (SSSR count). The van der Waals surface area contributed by atoms with Crippen LogP contribution < -0.4 is 9.80 Å². The molecule has 0 unspecified atom stereocenters. The lowest BCUT2D eigenvalue weighted by Crippen LogP contribution is -2.47. The lowest BCUT2D eigenvalue weighted by atomic mass is 9.92. The van der Waals surface area contributed by atoms with Crippen molar-refractivity contribution in [1.29, 1.82) is 0 Å². The van der Waals surface area contributed by atoms with Gasteiger partial charge in [-0.3, -0.25) is 0 Å². The van der Waals surface area contributed by atoms with Gasteiger partial charge in [-0.05, 0) is 48.9 Å². The van der Waals surface area contributed by atoms with Crippen molar-refractivity contribution in [3.05, 3.63) is 83.0 Å². The fourth-order valence-corrected chi connectivity index (χ4v) is 4.56. The smallest absolute Gasteiger partial charge is 0.0910 e. The molecule has 0 saturated heterocycles. The van der Waals surface area contributed by atoms with Crippen molar-refractivity contribution in [3.63, 3.8) is 0 Å². The number of benzene rings is 2. The Morgan fingerprint density at radius 3 is 1.64 bits per heavy atom. The number of fused-ring (bicyclic) bond motifs is 6. The van der Waals surface area contributed by atoms with Crippen molar-refractivity contribution in [3.8, 4) is 0 Å². The molecule has 0 saturated carbocycles. The molecule has 25 heavy (non-hydrogen) atoms. The fourth-order valence-electron chi connectivity index (χ4n) is 4.56. The number of rotatable bonds is 4. The van der Waals surface area contributed by atoms with Gasteiger partial charge in [0.25, 0.3) is 0 Å². The highest BCUT2D eigenvalue weighted by molar-refractivity contribution is 5.73. The standard InChI is InChI=1S/C23H26N2/c1-5-7-18-9-16(3)11-20-13-25-15-24(22(18)20)14-21-12-17(4)10-19(8-6-2)23(21)25/h5-6,9-12H,1-2,7-8,13-15H2,3-4H3. The van der Waals surface area contributed by atoms with Crippen LogP contribution in [-0.2, 0) is 25.9 Å². The Balaban J connectivity index is 1.85. The third-order valence-corrected chi connectivity index (χ3v) is 5.25. The molecule has 0 amide bonds. The number of hydrogen-bond acceptors (Lipinski definition) is 2. The van der Waals surface area contributed by atoms with Gasteiger partial charge < -0.3 is 9.80 Å². The number of anilines is 2. The van der Waals surface area contributed by atoms with Gasteiger partial charge in [0, 0.05) is 24.5 Å². The first-order chi connectivity index (χ1) is 12.1. The first kappa shape index (κ1) is 16.0. The highest BCUT2D eigenvalue weighted by Crippen LogP contribution is 2.42. The Kier molecular flexibility index (Phi) is 3.91. The zero-order chi connectivity index (χ0) is 17.6. The minimum Gasteiger partial charge on any atom is -0.349 e. The lowest BCUT2D eigenvalue weighted by Gasteiger charge is -2.46. The molecule has 2 heterocycles. The molecular weight excluding hydrogens is 304 g/mol. The summed E-state index contributed by atoms with van der Waals surface area (Å²) in [6.45, 7) is 15.2. The topological polar surface area (TPSA) is 6.48 Å². The average Bonchev–Trinajstić information content (AvgIpc) is 2.54. The third kappa shape index (κ3) is 2.66. The maximum absolute atomic E-state index is 3.96. The van der Waals surface area contributed by atoms with E-state index in [2.05, 4.69) is 61.1 Å². The Labute approximate surface area is 151 Å². The summed E-state index contributed by atoms with van der Waals surface area (Å²) in [7, 11) is 0. The average molecular weight is 330 g/mol.